The van der Waals surface area contributed by atoms with Crippen LogP contribution in [0, 0.1) is 0 Å². The molecule has 7 heteroatoms. The van der Waals surface area contributed by atoms with Gasteiger partial charge in [0.15, 0.2) is 9.84 Å². The largest absolute Gasteiger partial charge is 0.340 e. The molecule has 1 amide bonds. The van der Waals surface area contributed by atoms with Gasteiger partial charge in [0.25, 0.3) is 0 Å². The zero-order valence-corrected chi connectivity index (χ0v) is 17.1. The summed E-state index contributed by atoms with van der Waals surface area (Å²) in [5.74, 6) is 0.236. The minimum Gasteiger partial charge on any atom is -0.340 e. The Morgan fingerprint density at radius 3 is 2.77 bits per heavy atom. The second-order valence-electron chi connectivity index (χ2n) is 7.24. The summed E-state index contributed by atoms with van der Waals surface area (Å²) in [7, 11) is -3.31. The minimum absolute atomic E-state index is 0.104. The summed E-state index contributed by atoms with van der Waals surface area (Å²) < 4.78 is 25.0. The number of nitrogens with one attached hydrogen (secondary N) is 1. The van der Waals surface area contributed by atoms with Crippen LogP contribution in [-0.4, -0.2) is 55.4 Å². The van der Waals surface area contributed by atoms with Crippen LogP contribution < -0.4 is 5.32 Å². The smallest absolute Gasteiger partial charge is 0.235 e. The van der Waals surface area contributed by atoms with Gasteiger partial charge in [-0.1, -0.05) is 19.1 Å². The van der Waals surface area contributed by atoms with Crippen LogP contribution in [0.5, 0.6) is 0 Å². The molecule has 2 fully saturated rings. The molecule has 1 aromatic carbocycles. The van der Waals surface area contributed by atoms with Gasteiger partial charge in [0.05, 0.1) is 15.9 Å². The molecule has 0 aromatic heterocycles. The molecule has 2 heterocycles. The van der Waals surface area contributed by atoms with Gasteiger partial charge < -0.3 is 10.2 Å². The van der Waals surface area contributed by atoms with Crippen LogP contribution in [0.4, 0.5) is 0 Å². The average Bonchev–Trinajstić information content (AvgIpc) is 2.93. The van der Waals surface area contributed by atoms with E-state index < -0.39 is 9.84 Å². The number of hydrogen-bond acceptors (Lipinski definition) is 5. The van der Waals surface area contributed by atoms with E-state index in [0.717, 1.165) is 25.9 Å². The van der Waals surface area contributed by atoms with Gasteiger partial charge in [-0.3, -0.25) is 4.79 Å². The Balaban J connectivity index is 1.72. The fourth-order valence-electron chi connectivity index (χ4n) is 3.82. The van der Waals surface area contributed by atoms with Gasteiger partial charge in [0, 0.05) is 30.1 Å². The number of amides is 1. The Kier molecular flexibility index (Phi) is 6.30. The number of sulfone groups is 1. The van der Waals surface area contributed by atoms with Crippen LogP contribution in [-0.2, 0) is 14.6 Å². The summed E-state index contributed by atoms with van der Waals surface area (Å²) in [5, 5.41) is 3.29. The maximum absolute atomic E-state index is 12.9. The molecule has 1 aromatic rings. The van der Waals surface area contributed by atoms with Crippen LogP contribution in [0.1, 0.15) is 39.5 Å². The summed E-state index contributed by atoms with van der Waals surface area (Å²) in [4.78, 5) is 15.9. The standard InChI is InChI=1S/C19H28N2O3S2/c1-3-12-26(23,24)18-7-5-4-6-17(18)25-14(2)19(22)21-11-10-15-8-9-16(13-21)20-15/h4-7,14-16,20H,3,8-13H2,1-2H3. The minimum atomic E-state index is -3.31. The summed E-state index contributed by atoms with van der Waals surface area (Å²) in [6.07, 6.45) is 3.92. The predicted molar refractivity (Wildman–Crippen MR) is 105 cm³/mol. The number of thioether (sulfide) groups is 1. The molecule has 2 bridgehead atoms. The number of nitrogens with zero attached hydrogens (tertiary/aromatic N) is 1. The van der Waals surface area contributed by atoms with E-state index in [4.69, 9.17) is 0 Å². The monoisotopic (exact) mass is 396 g/mol. The van der Waals surface area contributed by atoms with Crippen molar-refractivity contribution in [3.05, 3.63) is 24.3 Å². The van der Waals surface area contributed by atoms with E-state index >= 15 is 0 Å². The molecule has 0 saturated carbocycles. The predicted octanol–water partition coefficient (Wildman–Crippen LogP) is 2.70. The van der Waals surface area contributed by atoms with Crippen molar-refractivity contribution in [2.75, 3.05) is 18.8 Å². The maximum Gasteiger partial charge on any atom is 0.235 e. The second-order valence-corrected chi connectivity index (χ2v) is 10.7. The Morgan fingerprint density at radius 1 is 1.27 bits per heavy atom. The van der Waals surface area contributed by atoms with Gasteiger partial charge in [-0.05, 0) is 44.7 Å². The summed E-state index contributed by atoms with van der Waals surface area (Å²) in [5.41, 5.74) is 0. The van der Waals surface area contributed by atoms with Crippen LogP contribution in [0.2, 0.25) is 0 Å². The fourth-order valence-corrected chi connectivity index (χ4v) is 6.74. The molecule has 26 heavy (non-hydrogen) atoms. The molecular weight excluding hydrogens is 368 g/mol. The quantitative estimate of drug-likeness (QED) is 0.749. The molecule has 3 unspecified atom stereocenters. The average molecular weight is 397 g/mol. The third-order valence-corrected chi connectivity index (χ3v) is 8.41. The Labute approximate surface area is 160 Å². The topological polar surface area (TPSA) is 66.5 Å². The van der Waals surface area contributed by atoms with Crippen LogP contribution >= 0.6 is 11.8 Å². The van der Waals surface area contributed by atoms with Gasteiger partial charge in [-0.25, -0.2) is 8.42 Å². The van der Waals surface area contributed by atoms with Crippen LogP contribution in [0.3, 0.4) is 0 Å². The normalized spacial score (nSPS) is 24.3. The molecule has 2 saturated heterocycles. The van der Waals surface area contributed by atoms with E-state index in [1.54, 1.807) is 12.1 Å². The van der Waals surface area contributed by atoms with E-state index in [1.165, 1.54) is 18.2 Å². The molecule has 2 aliphatic heterocycles. The van der Waals surface area contributed by atoms with Gasteiger partial charge in [-0.15, -0.1) is 11.8 Å². The van der Waals surface area contributed by atoms with E-state index in [9.17, 15) is 13.2 Å². The molecule has 0 spiro atoms. The molecule has 2 aliphatic rings. The number of benzene rings is 1. The number of rotatable bonds is 6. The van der Waals surface area contributed by atoms with Gasteiger partial charge >= 0.3 is 0 Å². The van der Waals surface area contributed by atoms with Crippen LogP contribution in [0.25, 0.3) is 0 Å². The molecule has 144 valence electrons. The summed E-state index contributed by atoms with van der Waals surface area (Å²) in [6, 6.07) is 7.99. The van der Waals surface area contributed by atoms with Crippen molar-refractivity contribution < 1.29 is 13.2 Å². The lowest BCUT2D eigenvalue weighted by atomic mass is 10.1. The Morgan fingerprint density at radius 2 is 2.00 bits per heavy atom. The number of fused-ring (bicyclic) bond motifs is 2. The zero-order valence-electron chi connectivity index (χ0n) is 15.5. The third kappa shape index (κ3) is 4.43. The van der Waals surface area contributed by atoms with Crippen LogP contribution in [0.15, 0.2) is 34.1 Å². The summed E-state index contributed by atoms with van der Waals surface area (Å²) in [6.45, 7) is 5.29. The highest BCUT2D eigenvalue weighted by molar-refractivity contribution is 8.01. The van der Waals surface area contributed by atoms with Crippen molar-refractivity contribution in [1.82, 2.24) is 10.2 Å². The lowest BCUT2D eigenvalue weighted by Crippen LogP contribution is -2.42. The first-order valence-corrected chi connectivity index (χ1v) is 12.0. The lowest BCUT2D eigenvalue weighted by molar-refractivity contribution is -0.130. The highest BCUT2D eigenvalue weighted by atomic mass is 32.2. The number of carbonyl (C=O) groups excluding carboxylic acids is 1. The SMILES string of the molecule is CCCS(=O)(=O)c1ccccc1SC(C)C(=O)N1CCC2CCC(C1)N2. The lowest BCUT2D eigenvalue weighted by Gasteiger charge is -2.27. The van der Waals surface area contributed by atoms with Gasteiger partial charge in [0.2, 0.25) is 5.91 Å². The maximum atomic E-state index is 12.9. The van der Waals surface area contributed by atoms with E-state index in [1.807, 2.05) is 30.9 Å². The van der Waals surface area contributed by atoms with Crippen molar-refractivity contribution in [3.8, 4) is 0 Å². The first-order valence-electron chi connectivity index (χ1n) is 9.44. The van der Waals surface area contributed by atoms with E-state index in [-0.39, 0.29) is 16.9 Å². The van der Waals surface area contributed by atoms with Crippen molar-refractivity contribution >= 4 is 27.5 Å². The highest BCUT2D eigenvalue weighted by Gasteiger charge is 2.33. The van der Waals surface area contributed by atoms with E-state index in [0.29, 0.717) is 28.3 Å². The van der Waals surface area contributed by atoms with Crippen molar-refractivity contribution in [3.63, 3.8) is 0 Å². The Hall–Kier alpha value is -1.05. The molecule has 3 rings (SSSR count). The zero-order chi connectivity index (χ0) is 18.7. The van der Waals surface area contributed by atoms with Gasteiger partial charge in [-0.2, -0.15) is 0 Å². The fraction of sp³-hybridized carbons (Fsp3) is 0.632. The van der Waals surface area contributed by atoms with E-state index in [2.05, 4.69) is 5.32 Å². The first kappa shape index (κ1) is 19.7. The molecule has 5 nitrogen and oxygen atoms in total. The molecular formula is C19H28N2O3S2. The second kappa shape index (κ2) is 8.31. The third-order valence-electron chi connectivity index (χ3n) is 5.14. The molecule has 3 atom stereocenters. The molecule has 0 aliphatic carbocycles. The number of likely N-dealkylation sites (tertiary alicyclic amines) is 1. The molecule has 0 radical (unpaired) electrons. The van der Waals surface area contributed by atoms with Crippen molar-refractivity contribution in [2.24, 2.45) is 0 Å². The molecule has 1 N–H and O–H groups in total. The summed E-state index contributed by atoms with van der Waals surface area (Å²) >= 11 is 1.36. The first-order chi connectivity index (χ1) is 12.4. The number of carbonyl (C=O) groups is 1. The number of hydrogen-bond donors (Lipinski definition) is 1. The Bertz CT molecular complexity index is 751. The van der Waals surface area contributed by atoms with Crippen molar-refractivity contribution in [2.45, 2.75) is 66.7 Å². The van der Waals surface area contributed by atoms with Crippen molar-refractivity contribution in [1.29, 1.82) is 0 Å². The highest BCUT2D eigenvalue weighted by Crippen LogP contribution is 2.32. The van der Waals surface area contributed by atoms with Gasteiger partial charge in [0.1, 0.15) is 0 Å².